The van der Waals surface area contributed by atoms with E-state index < -0.39 is 0 Å². The number of hydrogen-bond acceptors (Lipinski definition) is 6. The molecule has 0 N–H and O–H groups in total. The molecule has 0 spiro atoms. The number of thioether (sulfide) groups is 2. The Morgan fingerprint density at radius 3 is 1.67 bits per heavy atom. The summed E-state index contributed by atoms with van der Waals surface area (Å²) in [7, 11) is 0. The predicted octanol–water partition coefficient (Wildman–Crippen LogP) is 5.50. The molecule has 30 heavy (non-hydrogen) atoms. The predicted molar refractivity (Wildman–Crippen MR) is 129 cm³/mol. The first kappa shape index (κ1) is 18.4. The molecule has 2 aromatic carbocycles. The lowest BCUT2D eigenvalue weighted by molar-refractivity contribution is 0.102. The van der Waals surface area contributed by atoms with E-state index in [9.17, 15) is 9.59 Å². The van der Waals surface area contributed by atoms with Gasteiger partial charge in [0.05, 0.1) is 9.81 Å². The van der Waals surface area contributed by atoms with Crippen molar-refractivity contribution < 1.29 is 9.59 Å². The van der Waals surface area contributed by atoms with Gasteiger partial charge in [-0.2, -0.15) is 0 Å². The number of ketones is 2. The van der Waals surface area contributed by atoms with Crippen molar-refractivity contribution in [2.24, 2.45) is 0 Å². The Hall–Kier alpha value is -2.38. The Morgan fingerprint density at radius 2 is 1.07 bits per heavy atom. The van der Waals surface area contributed by atoms with Gasteiger partial charge in [0.1, 0.15) is 0 Å². The van der Waals surface area contributed by atoms with Crippen LogP contribution in [-0.4, -0.2) is 11.6 Å². The zero-order valence-corrected chi connectivity index (χ0v) is 18.6. The molecule has 2 nitrogen and oxygen atoms in total. The number of hydrogen-bond donors (Lipinski definition) is 0. The molecule has 144 valence electrons. The lowest BCUT2D eigenvalue weighted by atomic mass is 10.0. The van der Waals surface area contributed by atoms with Crippen LogP contribution in [0.2, 0.25) is 0 Å². The number of carbonyl (C=O) groups excluding carboxylic acids is 2. The number of rotatable bonds is 0. The summed E-state index contributed by atoms with van der Waals surface area (Å²) in [5.74, 6) is -0.331. The molecule has 6 rings (SSSR count). The summed E-state index contributed by atoms with van der Waals surface area (Å²) >= 11 is 6.74. The monoisotopic (exact) mass is 460 g/mol. The molecule has 0 saturated carbocycles. The summed E-state index contributed by atoms with van der Waals surface area (Å²) in [6.45, 7) is 0. The molecule has 0 atom stereocenters. The van der Waals surface area contributed by atoms with E-state index in [0.717, 1.165) is 24.4 Å². The fourth-order valence-electron chi connectivity index (χ4n) is 3.72. The van der Waals surface area contributed by atoms with Crippen LogP contribution in [-0.2, 0) is 0 Å². The molecule has 3 heterocycles. The number of benzene rings is 2. The summed E-state index contributed by atoms with van der Waals surface area (Å²) in [4.78, 5) is 26.2. The normalized spacial score (nSPS) is 16.8. The van der Waals surface area contributed by atoms with Gasteiger partial charge in [-0.3, -0.25) is 9.59 Å². The van der Waals surface area contributed by atoms with Crippen LogP contribution >= 0.6 is 46.2 Å². The van der Waals surface area contributed by atoms with Gasteiger partial charge in [0.25, 0.3) is 0 Å². The Balaban J connectivity index is 1.54. The second-order valence-corrected chi connectivity index (χ2v) is 11.2. The molecule has 0 unspecified atom stereocenters. The van der Waals surface area contributed by atoms with Gasteiger partial charge >= 0.3 is 0 Å². The number of thiophene rings is 2. The quantitative estimate of drug-likeness (QED) is 0.347. The van der Waals surface area contributed by atoms with Crippen molar-refractivity contribution in [3.63, 3.8) is 0 Å². The van der Waals surface area contributed by atoms with Crippen LogP contribution in [0.25, 0.3) is 20.6 Å². The van der Waals surface area contributed by atoms with Gasteiger partial charge in [-0.15, -0.1) is 22.7 Å². The lowest BCUT2D eigenvalue weighted by Crippen LogP contribution is -2.10. The van der Waals surface area contributed by atoms with E-state index in [-0.39, 0.29) is 11.6 Å². The van der Waals surface area contributed by atoms with E-state index >= 15 is 0 Å². The molecule has 0 fully saturated rings. The minimum Gasteiger partial charge on any atom is -0.288 e. The largest absolute Gasteiger partial charge is 0.288 e. The topological polar surface area (TPSA) is 34.1 Å². The van der Waals surface area contributed by atoms with E-state index in [1.165, 1.54) is 20.1 Å². The Labute approximate surface area is 187 Å². The van der Waals surface area contributed by atoms with Crippen molar-refractivity contribution in [3.05, 3.63) is 101 Å². The Morgan fingerprint density at radius 1 is 0.567 bits per heavy atom. The molecule has 4 aromatic rings. The third kappa shape index (κ3) is 2.87. The number of fused-ring (bicyclic) bond motifs is 2. The molecule has 1 aliphatic heterocycles. The second-order valence-electron chi connectivity index (χ2n) is 6.90. The summed E-state index contributed by atoms with van der Waals surface area (Å²) < 4.78 is 5.52. The highest BCUT2D eigenvalue weighted by molar-refractivity contribution is 8.34. The van der Waals surface area contributed by atoms with Crippen molar-refractivity contribution in [1.82, 2.24) is 0 Å². The standard InChI is InChI=1S/C24H12O2S4/c25-22-15-11-13-3-1-2-4-14(13)12-16(15)23(26)21(22)19-7-5-17(29-19)18-6-8-20(30-18)24-27-9-10-28-24/h1-12H/b18-17+. The van der Waals surface area contributed by atoms with E-state index in [4.69, 9.17) is 0 Å². The maximum atomic E-state index is 13.1. The van der Waals surface area contributed by atoms with Crippen LogP contribution < -0.4 is 9.06 Å². The molecule has 0 amide bonds. The van der Waals surface area contributed by atoms with E-state index in [2.05, 4.69) is 22.9 Å². The smallest absolute Gasteiger partial charge is 0.199 e. The number of carbonyl (C=O) groups is 2. The van der Waals surface area contributed by atoms with E-state index in [0.29, 0.717) is 16.7 Å². The van der Waals surface area contributed by atoms with E-state index in [1.54, 1.807) is 34.9 Å². The zero-order valence-electron chi connectivity index (χ0n) is 15.4. The summed E-state index contributed by atoms with van der Waals surface area (Å²) in [6.07, 6.45) is 0. The van der Waals surface area contributed by atoms with Gasteiger partial charge < -0.3 is 0 Å². The average Bonchev–Trinajstić information content (AvgIpc) is 3.55. The van der Waals surface area contributed by atoms with Crippen LogP contribution in [0.5, 0.6) is 0 Å². The first-order chi connectivity index (χ1) is 14.7. The second kappa shape index (κ2) is 7.10. The van der Waals surface area contributed by atoms with Crippen molar-refractivity contribution in [1.29, 1.82) is 0 Å². The first-order valence-electron chi connectivity index (χ1n) is 9.24. The number of Topliss-reactive ketones (excluding diaryl/α,β-unsaturated/α-hetero) is 2. The maximum absolute atomic E-state index is 13.1. The molecule has 2 aliphatic rings. The van der Waals surface area contributed by atoms with Gasteiger partial charge in [-0.25, -0.2) is 0 Å². The molecule has 0 bridgehead atoms. The lowest BCUT2D eigenvalue weighted by Gasteiger charge is -2.00. The minimum absolute atomic E-state index is 0.165. The molecule has 1 aliphatic carbocycles. The summed E-state index contributed by atoms with van der Waals surface area (Å²) in [5.41, 5.74) is 1.33. The highest BCUT2D eigenvalue weighted by atomic mass is 32.2. The summed E-state index contributed by atoms with van der Waals surface area (Å²) in [5, 5.41) is 6.15. The van der Waals surface area contributed by atoms with Gasteiger partial charge in [0, 0.05) is 29.3 Å². The molecule has 0 radical (unpaired) electrons. The first-order valence-corrected chi connectivity index (χ1v) is 12.6. The average molecular weight is 461 g/mol. The zero-order chi connectivity index (χ0) is 20.2. The van der Waals surface area contributed by atoms with Crippen LogP contribution in [0.15, 0.2) is 71.5 Å². The Bertz CT molecular complexity index is 1570. The van der Waals surface area contributed by atoms with Gasteiger partial charge in [-0.05, 0) is 58.0 Å². The van der Waals surface area contributed by atoms with Gasteiger partial charge in [0.15, 0.2) is 11.6 Å². The van der Waals surface area contributed by atoms with Crippen molar-refractivity contribution >= 4 is 78.3 Å². The molecular weight excluding hydrogens is 449 g/mol. The molecular formula is C24H12O2S4. The molecule has 2 aromatic heterocycles. The third-order valence-corrected chi connectivity index (χ3v) is 9.96. The van der Waals surface area contributed by atoms with Crippen LogP contribution in [0, 0.1) is 9.06 Å². The summed E-state index contributed by atoms with van der Waals surface area (Å²) in [6, 6.07) is 19.7. The van der Waals surface area contributed by atoms with Crippen molar-refractivity contribution in [3.8, 4) is 0 Å². The molecule has 6 heteroatoms. The van der Waals surface area contributed by atoms with Crippen LogP contribution in [0.3, 0.4) is 0 Å². The fourth-order valence-corrected chi connectivity index (χ4v) is 7.85. The maximum Gasteiger partial charge on any atom is 0.199 e. The van der Waals surface area contributed by atoms with Crippen LogP contribution in [0.1, 0.15) is 20.7 Å². The fraction of sp³-hybridized carbons (Fsp3) is 0. The molecule has 0 saturated heterocycles. The highest BCUT2D eigenvalue weighted by Gasteiger charge is 2.34. The van der Waals surface area contributed by atoms with Gasteiger partial charge in [-0.1, -0.05) is 47.8 Å². The Kier molecular flexibility index (Phi) is 4.35. The SMILES string of the molecule is O=C1C(=c2cc/c(=c3/ccc(=C4SC=CS4)s3)s2)C(=O)c2cc3ccccc3cc21. The minimum atomic E-state index is -0.165. The van der Waals surface area contributed by atoms with E-state index in [1.807, 2.05) is 48.5 Å². The van der Waals surface area contributed by atoms with Crippen molar-refractivity contribution in [2.75, 3.05) is 0 Å². The van der Waals surface area contributed by atoms with Crippen molar-refractivity contribution in [2.45, 2.75) is 0 Å². The highest BCUT2D eigenvalue weighted by Crippen LogP contribution is 2.38. The van der Waals surface area contributed by atoms with Gasteiger partial charge in [0.2, 0.25) is 0 Å². The third-order valence-electron chi connectivity index (χ3n) is 5.14. The van der Waals surface area contributed by atoms with Crippen LogP contribution in [0.4, 0.5) is 0 Å².